The molecule has 0 rings (SSSR count). The van der Waals surface area contributed by atoms with Crippen molar-refractivity contribution >= 4 is 41.3 Å². The van der Waals surface area contributed by atoms with Gasteiger partial charge in [-0.15, -0.1) is 22.2 Å². The Balaban J connectivity index is 5.68. The molecule has 0 aliphatic heterocycles. The third-order valence-corrected chi connectivity index (χ3v) is 8.83. The van der Waals surface area contributed by atoms with E-state index in [1.54, 1.807) is 0 Å². The molecule has 0 heterocycles. The Labute approximate surface area is 135 Å². The zero-order chi connectivity index (χ0) is 18.1. The fourth-order valence-corrected chi connectivity index (χ4v) is 5.32. The van der Waals surface area contributed by atoms with Gasteiger partial charge in [0.2, 0.25) is 7.42 Å². The predicted octanol–water partition coefficient (Wildman–Crippen LogP) is 5.59. The third-order valence-electron chi connectivity index (χ3n) is 2.66. The summed E-state index contributed by atoms with van der Waals surface area (Å²) in [5.74, 6) is -19.1. The van der Waals surface area contributed by atoms with Crippen LogP contribution in [0.25, 0.3) is 0 Å². The molecule has 0 aromatic rings. The van der Waals surface area contributed by atoms with Crippen molar-refractivity contribution in [3.8, 4) is 0 Å². The van der Waals surface area contributed by atoms with E-state index in [-0.39, 0.29) is 13.3 Å². The second-order valence-corrected chi connectivity index (χ2v) is 11.1. The number of halogens is 11. The number of thioether (sulfide) groups is 1. The lowest BCUT2D eigenvalue weighted by molar-refractivity contribution is -0.356. The highest BCUT2D eigenvalue weighted by Gasteiger charge is 2.82. The van der Waals surface area contributed by atoms with Crippen LogP contribution >= 0.6 is 33.9 Å². The molecule has 0 amide bonds. The number of hydrogen-bond acceptors (Lipinski definition) is 1. The van der Waals surface area contributed by atoms with Gasteiger partial charge in [-0.1, -0.05) is 18.7 Å². The van der Waals surface area contributed by atoms with Crippen LogP contribution in [0, 0.1) is 0 Å². The van der Waals surface area contributed by atoms with Crippen LogP contribution in [0.15, 0.2) is 0 Å². The molecular weight excluding hydrogens is 410 g/mol. The highest BCUT2D eigenvalue weighted by molar-refractivity contribution is 8.03. The molecule has 0 saturated heterocycles. The molecule has 0 aromatic carbocycles. The first-order valence-electron chi connectivity index (χ1n) is 5.67. The largest absolute Gasteiger partial charge is 0.388 e. The number of rotatable bonds is 8. The average Bonchev–Trinajstić information content (AvgIpc) is 2.34. The minimum absolute atomic E-state index is 0.134. The third kappa shape index (κ3) is 3.94. The minimum Gasteiger partial charge on any atom is -0.241 e. The topological polar surface area (TPSA) is 0 Å². The fourth-order valence-electron chi connectivity index (χ4n) is 1.22. The minimum atomic E-state index is -6.61. The lowest BCUT2D eigenvalue weighted by Crippen LogP contribution is -2.63. The van der Waals surface area contributed by atoms with Crippen LogP contribution in [0.4, 0.5) is 39.5 Å². The maximum absolute atomic E-state index is 13.5. The molecule has 0 aliphatic rings. The van der Waals surface area contributed by atoms with Gasteiger partial charge in [0.15, 0.2) is 6.17 Å². The number of hydrogen-bond donors (Lipinski definition) is 0. The van der Waals surface area contributed by atoms with Crippen molar-refractivity contribution in [2.45, 2.75) is 54.3 Å². The molecule has 0 nitrogen and oxygen atoms in total. The first-order valence-corrected chi connectivity index (χ1v) is 10.7. The summed E-state index contributed by atoms with van der Waals surface area (Å²) in [6, 6.07) is 0. The Morgan fingerprint density at radius 3 is 1.64 bits per heavy atom. The van der Waals surface area contributed by atoms with Crippen LogP contribution in [-0.2, 0) is 0 Å². The highest BCUT2D eigenvalue weighted by atomic mass is 35.7. The van der Waals surface area contributed by atoms with Gasteiger partial charge < -0.3 is 0 Å². The maximum Gasteiger partial charge on any atom is 0.388 e. The molecule has 0 spiro atoms. The molecule has 2 unspecified atom stereocenters. The second-order valence-electron chi connectivity index (χ2n) is 4.30. The van der Waals surface area contributed by atoms with Crippen molar-refractivity contribution < 1.29 is 39.5 Å². The van der Waals surface area contributed by atoms with Crippen LogP contribution in [0.2, 0.25) is 0 Å². The van der Waals surface area contributed by atoms with Gasteiger partial charge in [0.25, 0.3) is 0 Å². The summed E-state index contributed by atoms with van der Waals surface area (Å²) < 4.78 is 118. The molecular formula is C9H11Cl2F9SSi. The zero-order valence-electron chi connectivity index (χ0n) is 11.0. The SMILES string of the molecule is CCC(SC(F)(F)C(F)(F)C(F)(F)C(F)(F)C(C)F)[SiH](Cl)Cl. The Morgan fingerprint density at radius 1 is 0.955 bits per heavy atom. The van der Waals surface area contributed by atoms with Gasteiger partial charge in [-0.3, -0.25) is 0 Å². The molecule has 2 atom stereocenters. The van der Waals surface area contributed by atoms with Crippen molar-refractivity contribution in [2.24, 2.45) is 0 Å². The Bertz CT molecular complexity index is 378. The van der Waals surface area contributed by atoms with Crippen molar-refractivity contribution in [3.05, 3.63) is 0 Å². The van der Waals surface area contributed by atoms with Crippen molar-refractivity contribution in [1.29, 1.82) is 0 Å². The summed E-state index contributed by atoms with van der Waals surface area (Å²) in [6.07, 6.45) is -4.03. The standard InChI is InChI=1S/C9H11Cl2F9SSi/c1-3-5(22(10)11)21-9(19,20)8(17,18)7(15,16)6(13,14)4(2)12/h4-5,22H,3H2,1-2H3. The van der Waals surface area contributed by atoms with E-state index in [4.69, 9.17) is 22.2 Å². The molecule has 134 valence electrons. The van der Waals surface area contributed by atoms with Gasteiger partial charge in [0.05, 0.1) is 0 Å². The Morgan fingerprint density at radius 2 is 1.36 bits per heavy atom. The zero-order valence-corrected chi connectivity index (χ0v) is 14.5. The van der Waals surface area contributed by atoms with E-state index in [0.29, 0.717) is 0 Å². The molecule has 0 radical (unpaired) electrons. The van der Waals surface area contributed by atoms with E-state index in [1.165, 1.54) is 6.92 Å². The quantitative estimate of drug-likeness (QED) is 0.280. The predicted molar refractivity (Wildman–Crippen MR) is 70.9 cm³/mol. The van der Waals surface area contributed by atoms with Crippen LogP contribution in [0.3, 0.4) is 0 Å². The van der Waals surface area contributed by atoms with E-state index in [2.05, 4.69) is 0 Å². The molecule has 0 saturated carbocycles. The Hall–Kier alpha value is 0.517. The maximum atomic E-state index is 13.5. The summed E-state index contributed by atoms with van der Waals surface area (Å²) in [7, 11) is -2.99. The van der Waals surface area contributed by atoms with Gasteiger partial charge >= 0.3 is 23.0 Å². The summed E-state index contributed by atoms with van der Waals surface area (Å²) in [5.41, 5.74) is 0. The van der Waals surface area contributed by atoms with Crippen LogP contribution in [0.5, 0.6) is 0 Å². The summed E-state index contributed by atoms with van der Waals surface area (Å²) in [6.45, 7) is 1.09. The summed E-state index contributed by atoms with van der Waals surface area (Å²) in [4.78, 5) is -1.49. The molecule has 0 fully saturated rings. The van der Waals surface area contributed by atoms with E-state index >= 15 is 0 Å². The van der Waals surface area contributed by atoms with Gasteiger partial charge in [-0.25, -0.2) is 4.39 Å². The van der Waals surface area contributed by atoms with Crippen molar-refractivity contribution in [2.75, 3.05) is 0 Å². The fraction of sp³-hybridized carbons (Fsp3) is 1.00. The molecule has 0 aliphatic carbocycles. The van der Waals surface area contributed by atoms with Crippen molar-refractivity contribution in [1.82, 2.24) is 0 Å². The van der Waals surface area contributed by atoms with E-state index < -0.39 is 53.2 Å². The summed E-state index contributed by atoms with van der Waals surface area (Å²) in [5, 5.41) is -5.62. The van der Waals surface area contributed by atoms with Gasteiger partial charge in [0.1, 0.15) is 0 Å². The molecule has 0 aromatic heterocycles. The lowest BCUT2D eigenvalue weighted by Gasteiger charge is -2.37. The highest BCUT2D eigenvalue weighted by Crippen LogP contribution is 2.58. The van der Waals surface area contributed by atoms with E-state index in [9.17, 15) is 39.5 Å². The Kier molecular flexibility index (Phi) is 7.35. The lowest BCUT2D eigenvalue weighted by atomic mass is 10.0. The van der Waals surface area contributed by atoms with Crippen molar-refractivity contribution in [3.63, 3.8) is 0 Å². The molecule has 13 heteroatoms. The molecule has 0 N–H and O–H groups in total. The molecule has 22 heavy (non-hydrogen) atoms. The second kappa shape index (κ2) is 7.18. The van der Waals surface area contributed by atoms with Crippen LogP contribution < -0.4 is 0 Å². The van der Waals surface area contributed by atoms with Crippen LogP contribution in [0.1, 0.15) is 20.3 Å². The monoisotopic (exact) mass is 420 g/mol. The molecule has 0 bridgehead atoms. The van der Waals surface area contributed by atoms with Crippen LogP contribution in [-0.4, -0.2) is 41.5 Å². The summed E-state index contributed by atoms with van der Waals surface area (Å²) >= 11 is 9.72. The average molecular weight is 421 g/mol. The van der Waals surface area contributed by atoms with Gasteiger partial charge in [-0.2, -0.15) is 35.1 Å². The number of alkyl halides is 9. The smallest absolute Gasteiger partial charge is 0.241 e. The van der Waals surface area contributed by atoms with Gasteiger partial charge in [0, 0.05) is 4.87 Å². The van der Waals surface area contributed by atoms with E-state index in [0.717, 1.165) is 0 Å². The van der Waals surface area contributed by atoms with Gasteiger partial charge in [-0.05, 0) is 13.3 Å². The van der Waals surface area contributed by atoms with E-state index in [1.807, 2.05) is 0 Å². The first kappa shape index (κ1) is 22.5. The first-order chi connectivity index (χ1) is 9.56. The normalized spacial score (nSPS) is 17.7.